The van der Waals surface area contributed by atoms with Gasteiger partial charge in [-0.2, -0.15) is 11.8 Å². The molecule has 0 spiro atoms. The van der Waals surface area contributed by atoms with E-state index in [-0.39, 0.29) is 5.82 Å². The number of halogens is 1. The minimum atomic E-state index is -0.147. The van der Waals surface area contributed by atoms with E-state index in [1.165, 1.54) is 6.07 Å². The van der Waals surface area contributed by atoms with Crippen LogP contribution in [-0.2, 0) is 5.75 Å². The van der Waals surface area contributed by atoms with E-state index in [1.54, 1.807) is 6.07 Å². The van der Waals surface area contributed by atoms with Crippen LogP contribution in [0.1, 0.15) is 12.6 Å². The third-order valence-electron chi connectivity index (χ3n) is 2.13. The van der Waals surface area contributed by atoms with E-state index in [0.717, 1.165) is 22.7 Å². The first-order valence-corrected chi connectivity index (χ1v) is 5.80. The zero-order valence-corrected chi connectivity index (χ0v) is 8.83. The fourth-order valence-electron chi connectivity index (χ4n) is 1.47. The summed E-state index contributed by atoms with van der Waals surface area (Å²) in [5.41, 5.74) is 1.98. The van der Waals surface area contributed by atoms with Crippen molar-refractivity contribution in [3.8, 4) is 0 Å². The van der Waals surface area contributed by atoms with Crippen molar-refractivity contribution in [2.24, 2.45) is 0 Å². The van der Waals surface area contributed by atoms with Gasteiger partial charge in [-0.3, -0.25) is 0 Å². The Morgan fingerprint density at radius 2 is 2.29 bits per heavy atom. The molecule has 0 aliphatic carbocycles. The normalized spacial score (nSPS) is 11.0. The van der Waals surface area contributed by atoms with Crippen LogP contribution in [0.15, 0.2) is 24.3 Å². The minimum Gasteiger partial charge on any atom is -0.358 e. The van der Waals surface area contributed by atoms with Crippen molar-refractivity contribution in [3.05, 3.63) is 35.8 Å². The summed E-state index contributed by atoms with van der Waals surface area (Å²) in [6, 6.07) is 7.02. The van der Waals surface area contributed by atoms with Crippen molar-refractivity contribution in [1.82, 2.24) is 4.98 Å². The van der Waals surface area contributed by atoms with Crippen LogP contribution in [0.3, 0.4) is 0 Å². The maximum Gasteiger partial charge on any atom is 0.132 e. The van der Waals surface area contributed by atoms with Crippen molar-refractivity contribution in [2.75, 3.05) is 5.75 Å². The van der Waals surface area contributed by atoms with Crippen molar-refractivity contribution in [1.29, 1.82) is 0 Å². The number of rotatable bonds is 3. The molecule has 0 radical (unpaired) electrons. The largest absolute Gasteiger partial charge is 0.358 e. The number of fused-ring (bicyclic) bond motifs is 1. The summed E-state index contributed by atoms with van der Waals surface area (Å²) in [5.74, 6) is 1.86. The standard InChI is InChI=1S/C11H12FNS/c1-2-14-7-8-6-9-10(12)4-3-5-11(9)13-8/h3-6,13H,2,7H2,1H3. The van der Waals surface area contributed by atoms with Crippen molar-refractivity contribution in [2.45, 2.75) is 12.7 Å². The predicted octanol–water partition coefficient (Wildman–Crippen LogP) is 3.56. The Bertz CT molecular complexity index is 436. The SMILES string of the molecule is CCSCc1cc2c(F)cccc2[nH]1. The van der Waals surface area contributed by atoms with Gasteiger partial charge in [0.1, 0.15) is 5.82 Å². The van der Waals surface area contributed by atoms with E-state index in [0.29, 0.717) is 5.39 Å². The monoisotopic (exact) mass is 209 g/mol. The fourth-order valence-corrected chi connectivity index (χ4v) is 2.05. The smallest absolute Gasteiger partial charge is 0.132 e. The average Bonchev–Trinajstić information content (AvgIpc) is 2.59. The van der Waals surface area contributed by atoms with Gasteiger partial charge in [0.05, 0.1) is 0 Å². The van der Waals surface area contributed by atoms with E-state index in [9.17, 15) is 4.39 Å². The highest BCUT2D eigenvalue weighted by molar-refractivity contribution is 7.98. The second-order valence-electron chi connectivity index (χ2n) is 3.13. The molecule has 0 aliphatic rings. The third-order valence-corrected chi connectivity index (χ3v) is 3.05. The summed E-state index contributed by atoms with van der Waals surface area (Å²) >= 11 is 1.83. The molecule has 1 nitrogen and oxygen atoms in total. The molecule has 1 N–H and O–H groups in total. The number of H-pyrrole nitrogens is 1. The highest BCUT2D eigenvalue weighted by Gasteiger charge is 2.04. The maximum absolute atomic E-state index is 13.3. The highest BCUT2D eigenvalue weighted by atomic mass is 32.2. The molecule has 0 aliphatic heterocycles. The number of aromatic nitrogens is 1. The first-order valence-electron chi connectivity index (χ1n) is 4.65. The summed E-state index contributed by atoms with van der Waals surface area (Å²) < 4.78 is 13.3. The molecular formula is C11H12FNS. The van der Waals surface area contributed by atoms with Gasteiger partial charge in [-0.15, -0.1) is 0 Å². The van der Waals surface area contributed by atoms with Crippen molar-refractivity contribution < 1.29 is 4.39 Å². The maximum atomic E-state index is 13.3. The van der Waals surface area contributed by atoms with Crippen LogP contribution in [0, 0.1) is 5.82 Å². The van der Waals surface area contributed by atoms with Crippen LogP contribution in [0.25, 0.3) is 10.9 Å². The summed E-state index contributed by atoms with van der Waals surface area (Å²) in [6.07, 6.45) is 0. The van der Waals surface area contributed by atoms with Crippen LogP contribution in [-0.4, -0.2) is 10.7 Å². The van der Waals surface area contributed by atoms with Gasteiger partial charge < -0.3 is 4.98 Å². The number of nitrogens with one attached hydrogen (secondary N) is 1. The van der Waals surface area contributed by atoms with Crippen molar-refractivity contribution >= 4 is 22.7 Å². The number of benzene rings is 1. The lowest BCUT2D eigenvalue weighted by atomic mass is 10.2. The molecule has 2 rings (SSSR count). The summed E-state index contributed by atoms with van der Waals surface area (Å²) in [6.45, 7) is 2.12. The summed E-state index contributed by atoms with van der Waals surface area (Å²) in [5, 5.41) is 0.694. The molecule has 14 heavy (non-hydrogen) atoms. The van der Waals surface area contributed by atoms with Gasteiger partial charge in [-0.05, 0) is 24.0 Å². The van der Waals surface area contributed by atoms with Gasteiger partial charge in [-0.25, -0.2) is 4.39 Å². The Labute approximate surface area is 86.7 Å². The van der Waals surface area contributed by atoms with E-state index in [1.807, 2.05) is 23.9 Å². The Kier molecular flexibility index (Phi) is 2.77. The lowest BCUT2D eigenvalue weighted by molar-refractivity contribution is 0.640. The van der Waals surface area contributed by atoms with Gasteiger partial charge in [0.15, 0.2) is 0 Å². The van der Waals surface area contributed by atoms with Gasteiger partial charge in [0.25, 0.3) is 0 Å². The zero-order valence-electron chi connectivity index (χ0n) is 8.01. The van der Waals surface area contributed by atoms with Crippen LogP contribution in [0.4, 0.5) is 4.39 Å². The number of hydrogen-bond donors (Lipinski definition) is 1. The molecule has 1 aromatic carbocycles. The van der Waals surface area contributed by atoms with Gasteiger partial charge in [0, 0.05) is 22.3 Å². The van der Waals surface area contributed by atoms with E-state index in [4.69, 9.17) is 0 Å². The molecule has 0 saturated carbocycles. The lowest BCUT2D eigenvalue weighted by Gasteiger charge is -1.92. The van der Waals surface area contributed by atoms with Crippen LogP contribution >= 0.6 is 11.8 Å². The molecule has 0 saturated heterocycles. The zero-order chi connectivity index (χ0) is 9.97. The summed E-state index contributed by atoms with van der Waals surface area (Å²) in [7, 11) is 0. The van der Waals surface area contributed by atoms with Gasteiger partial charge >= 0.3 is 0 Å². The molecule has 0 bridgehead atoms. The topological polar surface area (TPSA) is 15.8 Å². The van der Waals surface area contributed by atoms with Crippen LogP contribution in [0.5, 0.6) is 0 Å². The molecule has 0 unspecified atom stereocenters. The molecule has 74 valence electrons. The van der Waals surface area contributed by atoms with Crippen LogP contribution in [0.2, 0.25) is 0 Å². The Morgan fingerprint density at radius 1 is 1.43 bits per heavy atom. The molecule has 0 fully saturated rings. The lowest BCUT2D eigenvalue weighted by Crippen LogP contribution is -1.78. The molecule has 0 amide bonds. The third kappa shape index (κ3) is 1.77. The molecular weight excluding hydrogens is 197 g/mol. The van der Waals surface area contributed by atoms with Gasteiger partial charge in [-0.1, -0.05) is 13.0 Å². The van der Waals surface area contributed by atoms with Crippen molar-refractivity contribution in [3.63, 3.8) is 0 Å². The first-order chi connectivity index (χ1) is 6.81. The Balaban J connectivity index is 2.36. The predicted molar refractivity (Wildman–Crippen MR) is 60.1 cm³/mol. The Morgan fingerprint density at radius 3 is 3.00 bits per heavy atom. The molecule has 3 heteroatoms. The van der Waals surface area contributed by atoms with E-state index < -0.39 is 0 Å². The minimum absolute atomic E-state index is 0.147. The number of aromatic amines is 1. The first kappa shape index (κ1) is 9.59. The second-order valence-corrected chi connectivity index (χ2v) is 4.41. The van der Waals surface area contributed by atoms with E-state index in [2.05, 4.69) is 11.9 Å². The van der Waals surface area contributed by atoms with Crippen LogP contribution < -0.4 is 0 Å². The number of hydrogen-bond acceptors (Lipinski definition) is 1. The van der Waals surface area contributed by atoms with E-state index >= 15 is 0 Å². The molecule has 0 atom stereocenters. The second kappa shape index (κ2) is 4.05. The van der Waals surface area contributed by atoms with Gasteiger partial charge in [0.2, 0.25) is 0 Å². The number of thioether (sulfide) groups is 1. The summed E-state index contributed by atoms with van der Waals surface area (Å²) in [4.78, 5) is 3.21. The quantitative estimate of drug-likeness (QED) is 0.817. The fraction of sp³-hybridized carbons (Fsp3) is 0.273. The molecule has 1 aromatic heterocycles. The molecule has 2 aromatic rings. The molecule has 1 heterocycles. The highest BCUT2D eigenvalue weighted by Crippen LogP contribution is 2.21. The Hall–Kier alpha value is -0.960. The average molecular weight is 209 g/mol.